The van der Waals surface area contributed by atoms with Crippen LogP contribution in [-0.2, 0) is 17.9 Å². The lowest BCUT2D eigenvalue weighted by Gasteiger charge is -2.23. The molecule has 2 N–H and O–H groups in total. The number of benzene rings is 2. The highest BCUT2D eigenvalue weighted by atomic mass is 35.5. The van der Waals surface area contributed by atoms with Gasteiger partial charge in [-0.25, -0.2) is 0 Å². The third-order valence-electron chi connectivity index (χ3n) is 5.38. The van der Waals surface area contributed by atoms with Gasteiger partial charge in [0.1, 0.15) is 0 Å². The minimum Gasteiger partial charge on any atom is -0.378 e. The third-order valence-corrected chi connectivity index (χ3v) is 5.61. The SMILES string of the molecule is CCNC(=O)[C@@H]1C[C@H](NCc2ccc(N(C)C)cc2)CN1Cc1cccc(Cl)c1. The molecule has 0 bridgehead atoms. The Hall–Kier alpha value is -2.08. The molecule has 0 saturated carbocycles. The van der Waals surface area contributed by atoms with Crippen LogP contribution < -0.4 is 15.5 Å². The minimum absolute atomic E-state index is 0.106. The summed E-state index contributed by atoms with van der Waals surface area (Å²) in [5.74, 6) is 0.106. The Morgan fingerprint density at radius 3 is 2.59 bits per heavy atom. The largest absolute Gasteiger partial charge is 0.378 e. The van der Waals surface area contributed by atoms with Gasteiger partial charge in [0.25, 0.3) is 0 Å². The summed E-state index contributed by atoms with van der Waals surface area (Å²) < 4.78 is 0. The van der Waals surface area contributed by atoms with E-state index in [0.717, 1.165) is 36.6 Å². The molecule has 0 aromatic heterocycles. The molecule has 1 heterocycles. The number of amides is 1. The van der Waals surface area contributed by atoms with Crippen LogP contribution in [0, 0.1) is 0 Å². The van der Waals surface area contributed by atoms with E-state index in [4.69, 9.17) is 11.6 Å². The van der Waals surface area contributed by atoms with Crippen LogP contribution in [0.1, 0.15) is 24.5 Å². The Labute approximate surface area is 179 Å². The van der Waals surface area contributed by atoms with Crippen molar-refractivity contribution in [3.63, 3.8) is 0 Å². The third kappa shape index (κ3) is 5.95. The van der Waals surface area contributed by atoms with E-state index >= 15 is 0 Å². The van der Waals surface area contributed by atoms with Crippen LogP contribution in [0.4, 0.5) is 5.69 Å². The van der Waals surface area contributed by atoms with E-state index in [1.807, 2.05) is 39.2 Å². The number of likely N-dealkylation sites (N-methyl/N-ethyl adjacent to an activating group) is 1. The van der Waals surface area contributed by atoms with E-state index in [-0.39, 0.29) is 18.0 Å². The summed E-state index contributed by atoms with van der Waals surface area (Å²) >= 11 is 6.14. The molecule has 1 aliphatic rings. The lowest BCUT2D eigenvalue weighted by Crippen LogP contribution is -2.42. The lowest BCUT2D eigenvalue weighted by atomic mass is 10.1. The fraction of sp³-hybridized carbons (Fsp3) is 0.435. The van der Waals surface area contributed by atoms with Crippen LogP contribution in [0.25, 0.3) is 0 Å². The van der Waals surface area contributed by atoms with Gasteiger partial charge in [-0.15, -0.1) is 0 Å². The van der Waals surface area contributed by atoms with Crippen molar-refractivity contribution in [2.24, 2.45) is 0 Å². The topological polar surface area (TPSA) is 47.6 Å². The second-order valence-corrected chi connectivity index (χ2v) is 8.28. The van der Waals surface area contributed by atoms with Crippen molar-refractivity contribution < 1.29 is 4.79 Å². The first-order valence-corrected chi connectivity index (χ1v) is 10.6. The average Bonchev–Trinajstić information content (AvgIpc) is 3.09. The highest BCUT2D eigenvalue weighted by molar-refractivity contribution is 6.30. The molecule has 0 aliphatic carbocycles. The lowest BCUT2D eigenvalue weighted by molar-refractivity contribution is -0.125. The summed E-state index contributed by atoms with van der Waals surface area (Å²) in [6, 6.07) is 16.6. The average molecular weight is 415 g/mol. The van der Waals surface area contributed by atoms with Crippen LogP contribution in [0.5, 0.6) is 0 Å². The Kier molecular flexibility index (Phi) is 7.53. The minimum atomic E-state index is -0.123. The predicted molar refractivity (Wildman–Crippen MR) is 120 cm³/mol. The molecule has 0 radical (unpaired) electrons. The molecule has 1 aliphatic heterocycles. The van der Waals surface area contributed by atoms with Gasteiger partial charge in [-0.2, -0.15) is 0 Å². The summed E-state index contributed by atoms with van der Waals surface area (Å²) in [6.45, 7) is 4.96. The van der Waals surface area contributed by atoms with Crippen molar-refractivity contribution in [1.29, 1.82) is 0 Å². The number of nitrogens with zero attached hydrogens (tertiary/aromatic N) is 2. The van der Waals surface area contributed by atoms with Crippen molar-refractivity contribution in [2.45, 2.75) is 38.5 Å². The van der Waals surface area contributed by atoms with E-state index < -0.39 is 0 Å². The molecule has 0 unspecified atom stereocenters. The Bertz CT molecular complexity index is 809. The second kappa shape index (κ2) is 10.1. The number of likely N-dealkylation sites (tertiary alicyclic amines) is 1. The first kappa shape index (κ1) is 21.6. The summed E-state index contributed by atoms with van der Waals surface area (Å²) in [5.41, 5.74) is 3.57. The normalized spacial score (nSPS) is 19.3. The van der Waals surface area contributed by atoms with Crippen molar-refractivity contribution >= 4 is 23.2 Å². The monoisotopic (exact) mass is 414 g/mol. The zero-order valence-electron chi connectivity index (χ0n) is 17.5. The highest BCUT2D eigenvalue weighted by Crippen LogP contribution is 2.23. The molecule has 2 atom stereocenters. The molecule has 29 heavy (non-hydrogen) atoms. The smallest absolute Gasteiger partial charge is 0.237 e. The summed E-state index contributed by atoms with van der Waals surface area (Å²) in [6.07, 6.45) is 0.808. The van der Waals surface area contributed by atoms with Gasteiger partial charge in [0.15, 0.2) is 0 Å². The fourth-order valence-corrected chi connectivity index (χ4v) is 4.05. The second-order valence-electron chi connectivity index (χ2n) is 7.84. The number of rotatable bonds is 8. The zero-order valence-corrected chi connectivity index (χ0v) is 18.2. The van der Waals surface area contributed by atoms with E-state index in [0.29, 0.717) is 6.54 Å². The molecule has 2 aromatic carbocycles. The van der Waals surface area contributed by atoms with Crippen molar-refractivity contribution in [2.75, 3.05) is 32.1 Å². The molecule has 5 nitrogen and oxygen atoms in total. The van der Waals surface area contributed by atoms with Gasteiger partial charge in [0.2, 0.25) is 5.91 Å². The summed E-state index contributed by atoms with van der Waals surface area (Å²) in [7, 11) is 4.09. The Morgan fingerprint density at radius 1 is 1.17 bits per heavy atom. The van der Waals surface area contributed by atoms with Gasteiger partial charge in [-0.1, -0.05) is 35.9 Å². The van der Waals surface area contributed by atoms with Crippen molar-refractivity contribution in [3.8, 4) is 0 Å². The van der Waals surface area contributed by atoms with Gasteiger partial charge in [0, 0.05) is 57.0 Å². The van der Waals surface area contributed by atoms with E-state index in [1.165, 1.54) is 11.3 Å². The molecule has 2 aromatic rings. The molecule has 0 spiro atoms. The number of hydrogen-bond donors (Lipinski definition) is 2. The predicted octanol–water partition coefficient (Wildman–Crippen LogP) is 3.27. The van der Waals surface area contributed by atoms with Crippen molar-refractivity contribution in [1.82, 2.24) is 15.5 Å². The Morgan fingerprint density at radius 2 is 1.93 bits per heavy atom. The van der Waals surface area contributed by atoms with Crippen LogP contribution in [-0.4, -0.2) is 50.1 Å². The van der Waals surface area contributed by atoms with Gasteiger partial charge < -0.3 is 15.5 Å². The molecule has 1 amide bonds. The first-order chi connectivity index (χ1) is 14.0. The van der Waals surface area contributed by atoms with Gasteiger partial charge in [0.05, 0.1) is 6.04 Å². The number of carbonyl (C=O) groups excluding carboxylic acids is 1. The fourth-order valence-electron chi connectivity index (χ4n) is 3.83. The van der Waals surface area contributed by atoms with Crippen LogP contribution in [0.3, 0.4) is 0 Å². The number of halogens is 1. The van der Waals surface area contributed by atoms with Crippen LogP contribution in [0.15, 0.2) is 48.5 Å². The number of hydrogen-bond acceptors (Lipinski definition) is 4. The molecular weight excluding hydrogens is 384 g/mol. The number of anilines is 1. The quantitative estimate of drug-likeness (QED) is 0.696. The van der Waals surface area contributed by atoms with Gasteiger partial charge >= 0.3 is 0 Å². The maximum atomic E-state index is 12.6. The van der Waals surface area contributed by atoms with Crippen LogP contribution in [0.2, 0.25) is 5.02 Å². The maximum absolute atomic E-state index is 12.6. The van der Waals surface area contributed by atoms with E-state index in [2.05, 4.69) is 50.8 Å². The van der Waals surface area contributed by atoms with E-state index in [1.54, 1.807) is 0 Å². The Balaban J connectivity index is 1.63. The van der Waals surface area contributed by atoms with Gasteiger partial charge in [-0.3, -0.25) is 9.69 Å². The molecule has 6 heteroatoms. The summed E-state index contributed by atoms with van der Waals surface area (Å²) in [4.78, 5) is 17.0. The van der Waals surface area contributed by atoms with Gasteiger partial charge in [-0.05, 0) is 48.7 Å². The molecule has 156 valence electrons. The number of nitrogens with one attached hydrogen (secondary N) is 2. The zero-order chi connectivity index (χ0) is 20.8. The molecule has 1 saturated heterocycles. The summed E-state index contributed by atoms with van der Waals surface area (Å²) in [5, 5.41) is 7.35. The highest BCUT2D eigenvalue weighted by Gasteiger charge is 2.36. The standard InChI is InChI=1S/C23H31ClN4O/c1-4-25-23(29)22-13-20(16-28(22)15-18-6-5-7-19(24)12-18)26-14-17-8-10-21(11-9-17)27(2)3/h5-12,20,22,26H,4,13-16H2,1-3H3,(H,25,29)/t20-,22-/m0/s1. The number of carbonyl (C=O) groups is 1. The van der Waals surface area contributed by atoms with E-state index in [9.17, 15) is 4.79 Å². The van der Waals surface area contributed by atoms with Crippen LogP contribution >= 0.6 is 11.6 Å². The molecular formula is C23H31ClN4O. The first-order valence-electron chi connectivity index (χ1n) is 10.2. The van der Waals surface area contributed by atoms with Crippen molar-refractivity contribution in [3.05, 3.63) is 64.7 Å². The molecule has 3 rings (SSSR count). The maximum Gasteiger partial charge on any atom is 0.237 e. The molecule has 1 fully saturated rings.